The van der Waals surface area contributed by atoms with Gasteiger partial charge in [-0.25, -0.2) is 0 Å². The van der Waals surface area contributed by atoms with Crippen LogP contribution in [0.15, 0.2) is 53.6 Å². The van der Waals surface area contributed by atoms with Gasteiger partial charge >= 0.3 is 0 Å². The van der Waals surface area contributed by atoms with Crippen LogP contribution in [0, 0.1) is 6.92 Å². The lowest BCUT2D eigenvalue weighted by Gasteiger charge is -2.15. The Labute approximate surface area is 132 Å². The molecule has 0 atom stereocenters. The van der Waals surface area contributed by atoms with Gasteiger partial charge in [0.25, 0.3) is 11.5 Å². The molecule has 6 nitrogen and oxygen atoms in total. The maximum atomic E-state index is 12.7. The molecule has 3 rings (SSSR count). The number of nitrogens with zero attached hydrogens (tertiary/aromatic N) is 3. The largest absolute Gasteiger partial charge is 0.365 e. The molecule has 1 aromatic carbocycles. The Balaban J connectivity index is 2.37. The molecule has 2 aromatic heterocycles. The van der Waals surface area contributed by atoms with Gasteiger partial charge in [0.1, 0.15) is 5.56 Å². The van der Waals surface area contributed by atoms with Crippen LogP contribution in [-0.2, 0) is 7.05 Å². The normalized spacial score (nSPS) is 10.7. The number of hydrogen-bond acceptors (Lipinski definition) is 3. The zero-order chi connectivity index (χ0) is 16.6. The van der Waals surface area contributed by atoms with E-state index in [4.69, 9.17) is 5.73 Å². The monoisotopic (exact) mass is 308 g/mol. The van der Waals surface area contributed by atoms with Crippen LogP contribution in [0.1, 0.15) is 16.1 Å². The quantitative estimate of drug-likeness (QED) is 0.798. The predicted molar refractivity (Wildman–Crippen MR) is 87.5 cm³/mol. The van der Waals surface area contributed by atoms with Gasteiger partial charge in [-0.05, 0) is 25.1 Å². The van der Waals surface area contributed by atoms with E-state index in [1.54, 1.807) is 17.9 Å². The van der Waals surface area contributed by atoms with E-state index in [0.29, 0.717) is 5.69 Å². The molecule has 1 amide bonds. The number of aromatic nitrogens is 3. The van der Waals surface area contributed by atoms with Crippen molar-refractivity contribution in [3.8, 4) is 16.8 Å². The highest BCUT2D eigenvalue weighted by atomic mass is 16.2. The van der Waals surface area contributed by atoms with Crippen LogP contribution in [0.25, 0.3) is 16.8 Å². The van der Waals surface area contributed by atoms with Crippen LogP contribution in [-0.4, -0.2) is 20.3 Å². The second-order valence-corrected chi connectivity index (χ2v) is 5.30. The number of amides is 1. The number of nitrogens with two attached hydrogens (primary N) is 1. The van der Waals surface area contributed by atoms with Crippen LogP contribution in [0.2, 0.25) is 0 Å². The zero-order valence-corrected chi connectivity index (χ0v) is 12.9. The zero-order valence-electron chi connectivity index (χ0n) is 12.9. The number of benzene rings is 1. The van der Waals surface area contributed by atoms with Crippen molar-refractivity contribution >= 4 is 5.91 Å². The Morgan fingerprint density at radius 1 is 1.22 bits per heavy atom. The van der Waals surface area contributed by atoms with E-state index < -0.39 is 11.5 Å². The molecule has 23 heavy (non-hydrogen) atoms. The van der Waals surface area contributed by atoms with Gasteiger partial charge in [-0.3, -0.25) is 18.8 Å². The Bertz CT molecular complexity index is 939. The molecule has 0 aliphatic rings. The fraction of sp³-hybridized carbons (Fsp3) is 0.118. The Morgan fingerprint density at radius 2 is 1.91 bits per heavy atom. The first-order valence-corrected chi connectivity index (χ1v) is 7.10. The Hall–Kier alpha value is -3.15. The van der Waals surface area contributed by atoms with E-state index in [9.17, 15) is 9.59 Å². The Morgan fingerprint density at radius 3 is 2.48 bits per heavy atom. The summed E-state index contributed by atoms with van der Waals surface area (Å²) in [5.74, 6) is -0.746. The van der Waals surface area contributed by atoms with Gasteiger partial charge in [0.2, 0.25) is 0 Å². The molecule has 6 heteroatoms. The van der Waals surface area contributed by atoms with Crippen LogP contribution in [0.4, 0.5) is 0 Å². The molecule has 0 unspecified atom stereocenters. The fourth-order valence-corrected chi connectivity index (χ4v) is 2.62. The molecule has 0 aliphatic carbocycles. The van der Waals surface area contributed by atoms with Gasteiger partial charge in [-0.1, -0.05) is 18.2 Å². The van der Waals surface area contributed by atoms with Gasteiger partial charge in [-0.2, -0.15) is 5.10 Å². The lowest BCUT2D eigenvalue weighted by molar-refractivity contribution is 0.0998. The maximum absolute atomic E-state index is 12.7. The van der Waals surface area contributed by atoms with E-state index in [2.05, 4.69) is 5.10 Å². The lowest BCUT2D eigenvalue weighted by atomic mass is 10.0. The van der Waals surface area contributed by atoms with Gasteiger partial charge in [-0.15, -0.1) is 0 Å². The molecular formula is C17H16N4O2. The van der Waals surface area contributed by atoms with Crippen LogP contribution < -0.4 is 11.3 Å². The van der Waals surface area contributed by atoms with E-state index in [1.807, 2.05) is 43.5 Å². The molecule has 0 spiro atoms. The predicted octanol–water partition coefficient (Wildman–Crippen LogP) is 1.65. The third-order valence-electron chi connectivity index (χ3n) is 3.74. The van der Waals surface area contributed by atoms with Crippen molar-refractivity contribution in [1.29, 1.82) is 0 Å². The highest BCUT2D eigenvalue weighted by molar-refractivity contribution is 5.94. The Kier molecular flexibility index (Phi) is 3.57. The molecule has 3 aromatic rings. The van der Waals surface area contributed by atoms with Crippen LogP contribution in [0.5, 0.6) is 0 Å². The average molecular weight is 308 g/mol. The molecule has 2 N–H and O–H groups in total. The average Bonchev–Trinajstić information content (AvgIpc) is 2.94. The number of para-hydroxylation sites is 1. The highest BCUT2D eigenvalue weighted by Gasteiger charge is 2.18. The summed E-state index contributed by atoms with van der Waals surface area (Å²) in [5.41, 5.74) is 7.89. The number of hydrogen-bond donors (Lipinski definition) is 1. The van der Waals surface area contributed by atoms with Crippen LogP contribution >= 0.6 is 0 Å². The van der Waals surface area contributed by atoms with Gasteiger partial charge in [0.05, 0.1) is 6.20 Å². The minimum atomic E-state index is -0.746. The van der Waals surface area contributed by atoms with Crippen LogP contribution in [0.3, 0.4) is 0 Å². The number of rotatable bonds is 3. The number of primary amides is 1. The molecule has 0 bridgehead atoms. The van der Waals surface area contributed by atoms with E-state index in [0.717, 1.165) is 16.8 Å². The molecule has 116 valence electrons. The third kappa shape index (κ3) is 2.55. The maximum Gasteiger partial charge on any atom is 0.268 e. The van der Waals surface area contributed by atoms with Gasteiger partial charge < -0.3 is 5.73 Å². The van der Waals surface area contributed by atoms with E-state index in [-0.39, 0.29) is 5.56 Å². The molecule has 0 saturated carbocycles. The molecule has 0 saturated heterocycles. The molecule has 0 fully saturated rings. The first kappa shape index (κ1) is 14.8. The summed E-state index contributed by atoms with van der Waals surface area (Å²) in [6.07, 6.45) is 3.51. The van der Waals surface area contributed by atoms with Crippen molar-refractivity contribution in [2.75, 3.05) is 0 Å². The van der Waals surface area contributed by atoms with Crippen molar-refractivity contribution in [2.45, 2.75) is 6.92 Å². The first-order chi connectivity index (χ1) is 11.0. The summed E-state index contributed by atoms with van der Waals surface area (Å²) >= 11 is 0. The van der Waals surface area contributed by atoms with Gasteiger partial charge in [0.15, 0.2) is 0 Å². The van der Waals surface area contributed by atoms with Gasteiger partial charge in [0, 0.05) is 35.8 Å². The lowest BCUT2D eigenvalue weighted by Crippen LogP contribution is -2.30. The van der Waals surface area contributed by atoms with E-state index >= 15 is 0 Å². The van der Waals surface area contributed by atoms with Crippen molar-refractivity contribution in [1.82, 2.24) is 14.3 Å². The number of aryl methyl sites for hydroxylation is 1. The second-order valence-electron chi connectivity index (χ2n) is 5.30. The summed E-state index contributed by atoms with van der Waals surface area (Å²) in [7, 11) is 1.81. The SMILES string of the molecule is Cc1c(-c2cnn(C)c2)cc(C(N)=O)c(=O)n1-c1ccccc1. The number of pyridine rings is 1. The third-order valence-corrected chi connectivity index (χ3v) is 3.74. The molecule has 0 aliphatic heterocycles. The number of carbonyl (C=O) groups is 1. The standard InChI is InChI=1S/C17H16N4O2/c1-11-14(12-9-19-20(2)10-12)8-15(16(18)22)17(23)21(11)13-6-4-3-5-7-13/h3-10H,1-2H3,(H2,18,22). The first-order valence-electron chi connectivity index (χ1n) is 7.10. The summed E-state index contributed by atoms with van der Waals surface area (Å²) in [6, 6.07) is 10.7. The minimum Gasteiger partial charge on any atom is -0.365 e. The molecule has 0 radical (unpaired) electrons. The summed E-state index contributed by atoms with van der Waals surface area (Å²) in [5, 5.41) is 4.15. The van der Waals surface area contributed by atoms with Crippen molar-refractivity contribution in [2.24, 2.45) is 12.8 Å². The summed E-state index contributed by atoms with van der Waals surface area (Å²) in [6.45, 7) is 1.83. The van der Waals surface area contributed by atoms with Crippen molar-refractivity contribution < 1.29 is 4.79 Å². The van der Waals surface area contributed by atoms with E-state index in [1.165, 1.54) is 10.6 Å². The smallest absolute Gasteiger partial charge is 0.268 e. The van der Waals surface area contributed by atoms with Crippen molar-refractivity contribution in [3.63, 3.8) is 0 Å². The van der Waals surface area contributed by atoms with Crippen molar-refractivity contribution in [3.05, 3.63) is 70.4 Å². The molecule has 2 heterocycles. The number of carbonyl (C=O) groups excluding carboxylic acids is 1. The second kappa shape index (κ2) is 5.57. The minimum absolute atomic E-state index is 0.0432. The topological polar surface area (TPSA) is 82.9 Å². The highest BCUT2D eigenvalue weighted by Crippen LogP contribution is 2.24. The fourth-order valence-electron chi connectivity index (χ4n) is 2.62. The summed E-state index contributed by atoms with van der Waals surface area (Å²) < 4.78 is 3.17. The molecular weight excluding hydrogens is 292 g/mol. The summed E-state index contributed by atoms with van der Waals surface area (Å²) in [4.78, 5) is 24.4.